The summed E-state index contributed by atoms with van der Waals surface area (Å²) in [5, 5.41) is 5.01. The Bertz CT molecular complexity index is 4000. The zero-order chi connectivity index (χ0) is 52.1. The molecule has 3 aliphatic carbocycles. The van der Waals surface area contributed by atoms with E-state index in [2.05, 4.69) is 195 Å². The predicted molar refractivity (Wildman–Crippen MR) is 315 cm³/mol. The van der Waals surface area contributed by atoms with E-state index in [0.29, 0.717) is 0 Å². The van der Waals surface area contributed by atoms with Crippen molar-refractivity contribution in [2.75, 3.05) is 9.80 Å². The van der Waals surface area contributed by atoms with E-state index in [1.165, 1.54) is 125 Å². The Morgan fingerprint density at radius 1 is 0.364 bits per heavy atom. The number of hydrogen-bond donors (Lipinski definition) is 0. The maximum absolute atomic E-state index is 14.4. The fourth-order valence-corrected chi connectivity index (χ4v) is 16.4. The van der Waals surface area contributed by atoms with Crippen LogP contribution in [0, 0.1) is 11.6 Å². The van der Waals surface area contributed by atoms with Crippen LogP contribution in [0.2, 0.25) is 0 Å². The molecular weight excluding hydrogens is 943 g/mol. The van der Waals surface area contributed by atoms with Gasteiger partial charge in [-0.15, -0.1) is 0 Å². The SMILES string of the molecule is CC12CCCCC1(C)N(c1ccc(F)cc1)c1ccc(-c3ccc4c(c3)C(c3ccccc3)(c3ccccc3)c3c-4c4ccccc4c4cc(-c5ccc6c(c5)C5(C)CCCCC5(C)N6c5ccc(F)cc5)ccc34)cc12. The van der Waals surface area contributed by atoms with Crippen molar-refractivity contribution in [1.29, 1.82) is 0 Å². The molecule has 4 atom stereocenters. The molecular formula is C73H62F2N2. The van der Waals surface area contributed by atoms with Crippen LogP contribution in [0.4, 0.5) is 31.5 Å². The van der Waals surface area contributed by atoms with Gasteiger partial charge in [0, 0.05) is 33.6 Å². The Morgan fingerprint density at radius 3 is 1.31 bits per heavy atom. The van der Waals surface area contributed by atoms with Crippen LogP contribution >= 0.6 is 0 Å². The first kappa shape index (κ1) is 46.5. The van der Waals surface area contributed by atoms with Gasteiger partial charge in [-0.1, -0.05) is 161 Å². The van der Waals surface area contributed by atoms with Crippen molar-refractivity contribution in [2.24, 2.45) is 0 Å². The smallest absolute Gasteiger partial charge is 0.123 e. The Labute approximate surface area is 451 Å². The molecule has 0 radical (unpaired) electrons. The molecule has 2 nitrogen and oxygen atoms in total. The molecule has 0 N–H and O–H groups in total. The minimum absolute atomic E-state index is 0.0799. The Hall–Kier alpha value is -7.82. The molecule has 10 aromatic rings. The lowest BCUT2D eigenvalue weighted by Gasteiger charge is -2.50. The molecule has 0 bridgehead atoms. The third-order valence-electron chi connectivity index (χ3n) is 20.6. The van der Waals surface area contributed by atoms with Crippen molar-refractivity contribution in [2.45, 2.75) is 106 Å². The van der Waals surface area contributed by atoms with E-state index < -0.39 is 5.41 Å². The molecule has 2 aliphatic heterocycles. The van der Waals surface area contributed by atoms with Gasteiger partial charge < -0.3 is 9.80 Å². The number of hydrogen-bond acceptors (Lipinski definition) is 2. The van der Waals surface area contributed by atoms with E-state index >= 15 is 0 Å². The molecule has 4 heteroatoms. The van der Waals surface area contributed by atoms with Gasteiger partial charge in [-0.25, -0.2) is 8.78 Å². The number of benzene rings is 10. The highest BCUT2D eigenvalue weighted by atomic mass is 19.1. The highest BCUT2D eigenvalue weighted by Crippen LogP contribution is 2.65. The molecule has 0 saturated heterocycles. The Balaban J connectivity index is 0.938. The number of fused-ring (bicyclic) bond motifs is 14. The Morgan fingerprint density at radius 2 is 0.792 bits per heavy atom. The molecule has 15 rings (SSSR count). The maximum Gasteiger partial charge on any atom is 0.123 e. The molecule has 0 spiro atoms. The highest BCUT2D eigenvalue weighted by Gasteiger charge is 2.59. The summed E-state index contributed by atoms with van der Waals surface area (Å²) in [6, 6.07) is 74.8. The topological polar surface area (TPSA) is 6.48 Å². The number of halogens is 2. The molecule has 0 amide bonds. The predicted octanol–water partition coefficient (Wildman–Crippen LogP) is 19.5. The van der Waals surface area contributed by atoms with Gasteiger partial charge in [0.25, 0.3) is 0 Å². The summed E-state index contributed by atoms with van der Waals surface area (Å²) in [4.78, 5) is 5.06. The normalized spacial score (nSPS) is 23.6. The highest BCUT2D eigenvalue weighted by molar-refractivity contribution is 6.20. The zero-order valence-corrected chi connectivity index (χ0v) is 44.4. The minimum Gasteiger partial charge on any atom is -0.334 e. The molecule has 4 unspecified atom stereocenters. The summed E-state index contributed by atoms with van der Waals surface area (Å²) in [5.41, 5.74) is 18.7. The van der Waals surface area contributed by atoms with Crippen LogP contribution < -0.4 is 9.80 Å². The van der Waals surface area contributed by atoms with Gasteiger partial charge >= 0.3 is 0 Å². The molecule has 2 heterocycles. The summed E-state index contributed by atoms with van der Waals surface area (Å²) in [7, 11) is 0. The second-order valence-electron chi connectivity index (χ2n) is 24.0. The second kappa shape index (κ2) is 16.6. The first-order valence-electron chi connectivity index (χ1n) is 28.1. The lowest BCUT2D eigenvalue weighted by atomic mass is 9.61. The molecule has 77 heavy (non-hydrogen) atoms. The minimum atomic E-state index is -0.658. The van der Waals surface area contributed by atoms with Crippen molar-refractivity contribution >= 4 is 44.3 Å². The molecule has 10 aromatic carbocycles. The third kappa shape index (κ3) is 6.22. The molecule has 378 valence electrons. The van der Waals surface area contributed by atoms with E-state index in [-0.39, 0.29) is 33.5 Å². The van der Waals surface area contributed by atoms with E-state index in [4.69, 9.17) is 0 Å². The van der Waals surface area contributed by atoms with Crippen LogP contribution in [0.3, 0.4) is 0 Å². The first-order valence-corrected chi connectivity index (χ1v) is 28.1. The fraction of sp³-hybridized carbons (Fsp3) is 0.233. The largest absolute Gasteiger partial charge is 0.334 e. The number of rotatable bonds is 6. The van der Waals surface area contributed by atoms with Gasteiger partial charge in [0.15, 0.2) is 0 Å². The standard InChI is InChI=1S/C73H62F2N2/c1-69-39-13-15-41-71(69,3)76(55-31-27-53(74)28-32-55)65-37-25-49(45-63(65)69)47-23-35-59-61(43-47)57-21-11-12-22-58(57)67-60-36-24-48(44-62(60)73(68(59)67,51-17-7-5-8-18-51)52-19-9-6-10-20-52)50-26-38-66-64(46-50)70(2)40-14-16-42-72(70,4)77(66)56-33-29-54(75)30-34-56/h5-12,17-38,43-46H,13-16,39-42H2,1-4H3. The third-order valence-corrected chi connectivity index (χ3v) is 20.6. The summed E-state index contributed by atoms with van der Waals surface area (Å²) >= 11 is 0. The summed E-state index contributed by atoms with van der Waals surface area (Å²) in [6.45, 7) is 9.84. The maximum atomic E-state index is 14.4. The van der Waals surface area contributed by atoms with Gasteiger partial charge in [0.1, 0.15) is 11.6 Å². The lowest BCUT2D eigenvalue weighted by Crippen LogP contribution is -2.54. The van der Waals surface area contributed by atoms with Crippen LogP contribution in [-0.2, 0) is 16.2 Å². The van der Waals surface area contributed by atoms with Crippen molar-refractivity contribution in [3.8, 4) is 33.4 Å². The van der Waals surface area contributed by atoms with E-state index in [1.807, 2.05) is 24.3 Å². The lowest BCUT2D eigenvalue weighted by molar-refractivity contribution is 0.195. The van der Waals surface area contributed by atoms with Gasteiger partial charge in [-0.2, -0.15) is 0 Å². The average Bonchev–Trinajstić information content (AvgIpc) is 4.19. The van der Waals surface area contributed by atoms with Gasteiger partial charge in [-0.05, 0) is 213 Å². The van der Waals surface area contributed by atoms with Gasteiger partial charge in [0.05, 0.1) is 16.5 Å². The van der Waals surface area contributed by atoms with Gasteiger partial charge in [0.2, 0.25) is 0 Å². The van der Waals surface area contributed by atoms with Gasteiger partial charge in [-0.3, -0.25) is 0 Å². The van der Waals surface area contributed by atoms with Crippen LogP contribution in [0.25, 0.3) is 54.9 Å². The summed E-state index contributed by atoms with van der Waals surface area (Å²) < 4.78 is 28.8. The van der Waals surface area contributed by atoms with Crippen molar-refractivity contribution < 1.29 is 8.78 Å². The quantitative estimate of drug-likeness (QED) is 0.153. The van der Waals surface area contributed by atoms with Crippen LogP contribution in [0.1, 0.15) is 112 Å². The summed E-state index contributed by atoms with van der Waals surface area (Å²) in [5.74, 6) is -0.415. The van der Waals surface area contributed by atoms with E-state index in [9.17, 15) is 8.78 Å². The monoisotopic (exact) mass is 1000 g/mol. The van der Waals surface area contributed by atoms with Crippen molar-refractivity contribution in [3.63, 3.8) is 0 Å². The first-order chi connectivity index (χ1) is 37.5. The second-order valence-corrected chi connectivity index (χ2v) is 24.0. The molecule has 5 aliphatic rings. The zero-order valence-electron chi connectivity index (χ0n) is 44.4. The Kier molecular flexibility index (Phi) is 10.0. The van der Waals surface area contributed by atoms with Crippen molar-refractivity contribution in [1.82, 2.24) is 0 Å². The van der Waals surface area contributed by atoms with Crippen LogP contribution in [0.5, 0.6) is 0 Å². The fourth-order valence-electron chi connectivity index (χ4n) is 16.4. The van der Waals surface area contributed by atoms with Crippen LogP contribution in [-0.4, -0.2) is 11.1 Å². The van der Waals surface area contributed by atoms with E-state index in [1.54, 1.807) is 24.3 Å². The average molecular weight is 1010 g/mol. The number of nitrogens with zero attached hydrogens (tertiary/aromatic N) is 2. The van der Waals surface area contributed by atoms with Crippen LogP contribution in [0.15, 0.2) is 206 Å². The molecule has 0 aromatic heterocycles. The molecule has 2 saturated carbocycles. The van der Waals surface area contributed by atoms with Crippen molar-refractivity contribution in [3.05, 3.63) is 251 Å². The summed E-state index contributed by atoms with van der Waals surface area (Å²) in [6.07, 6.45) is 9.10. The number of anilines is 4. The molecule has 2 fully saturated rings. The van der Waals surface area contributed by atoms with E-state index in [0.717, 1.165) is 37.1 Å².